The van der Waals surface area contributed by atoms with Gasteiger partial charge in [0.05, 0.1) is 27.0 Å². The van der Waals surface area contributed by atoms with Gasteiger partial charge in [-0.2, -0.15) is 10.1 Å². The number of aliphatic hydroxyl groups excluding tert-OH is 1. The van der Waals surface area contributed by atoms with Crippen molar-refractivity contribution in [2.24, 2.45) is 0 Å². The summed E-state index contributed by atoms with van der Waals surface area (Å²) in [5, 5.41) is 20.3. The van der Waals surface area contributed by atoms with E-state index in [1.54, 1.807) is 18.0 Å². The third kappa shape index (κ3) is 9.30. The fourth-order valence-corrected chi connectivity index (χ4v) is 6.89. The first kappa shape index (κ1) is 37.0. The number of pyridine rings is 1. The predicted molar refractivity (Wildman–Crippen MR) is 190 cm³/mol. The van der Waals surface area contributed by atoms with Gasteiger partial charge >= 0.3 is 12.2 Å². The molecule has 2 amide bonds. The minimum atomic E-state index is -0.677. The number of ether oxygens (including phenoxy) is 3. The first-order valence-electron chi connectivity index (χ1n) is 17.7. The minimum absolute atomic E-state index is 0.0279. The van der Waals surface area contributed by atoms with E-state index in [2.05, 4.69) is 43.6 Å². The fraction of sp³-hybridized carbons (Fsp3) is 0.657. The molecular formula is C35H53N9O6. The summed E-state index contributed by atoms with van der Waals surface area (Å²) in [5.74, 6) is 1.64. The van der Waals surface area contributed by atoms with E-state index < -0.39 is 11.7 Å². The number of carbonyl (C=O) groups is 2. The van der Waals surface area contributed by atoms with Crippen molar-refractivity contribution in [1.82, 2.24) is 34.5 Å². The molecule has 3 aromatic rings. The van der Waals surface area contributed by atoms with E-state index >= 15 is 0 Å². The quantitative estimate of drug-likeness (QED) is 0.232. The van der Waals surface area contributed by atoms with E-state index in [4.69, 9.17) is 19.2 Å². The molecule has 0 aromatic carbocycles. The molecule has 5 heterocycles. The van der Waals surface area contributed by atoms with Gasteiger partial charge in [-0.1, -0.05) is 13.3 Å². The van der Waals surface area contributed by atoms with Crippen LogP contribution in [0.2, 0.25) is 0 Å². The van der Waals surface area contributed by atoms with Gasteiger partial charge in [-0.05, 0) is 89.9 Å². The number of likely N-dealkylation sites (tertiary alicyclic amines) is 2. The van der Waals surface area contributed by atoms with Crippen LogP contribution in [0.5, 0.6) is 5.75 Å². The molecule has 2 aliphatic rings. The number of anilines is 2. The zero-order chi connectivity index (χ0) is 35.8. The van der Waals surface area contributed by atoms with Crippen molar-refractivity contribution in [3.8, 4) is 5.75 Å². The highest BCUT2D eigenvalue weighted by Crippen LogP contribution is 2.34. The summed E-state index contributed by atoms with van der Waals surface area (Å²) in [6, 6.07) is 2.53. The van der Waals surface area contributed by atoms with Crippen LogP contribution in [0.1, 0.15) is 89.8 Å². The van der Waals surface area contributed by atoms with Gasteiger partial charge in [0, 0.05) is 38.0 Å². The number of fused-ring (bicyclic) bond motifs is 1. The number of amides is 2. The molecule has 2 aliphatic heterocycles. The molecule has 274 valence electrons. The van der Waals surface area contributed by atoms with Crippen molar-refractivity contribution in [3.63, 3.8) is 0 Å². The molecule has 0 saturated carbocycles. The Labute approximate surface area is 294 Å². The van der Waals surface area contributed by atoms with Crippen molar-refractivity contribution in [1.29, 1.82) is 0 Å². The van der Waals surface area contributed by atoms with Crippen molar-refractivity contribution >= 4 is 35.0 Å². The molecule has 1 atom stereocenters. The number of methoxy groups -OCH3 is 2. The van der Waals surface area contributed by atoms with Crippen LogP contribution in [0, 0.1) is 0 Å². The zero-order valence-corrected chi connectivity index (χ0v) is 30.3. The second-order valence-corrected chi connectivity index (χ2v) is 14.1. The van der Waals surface area contributed by atoms with Gasteiger partial charge in [-0.15, -0.1) is 0 Å². The molecule has 50 heavy (non-hydrogen) atoms. The van der Waals surface area contributed by atoms with Crippen molar-refractivity contribution < 1.29 is 28.9 Å². The van der Waals surface area contributed by atoms with E-state index in [1.807, 2.05) is 31.9 Å². The molecule has 2 saturated heterocycles. The van der Waals surface area contributed by atoms with Crippen molar-refractivity contribution in [3.05, 3.63) is 29.7 Å². The van der Waals surface area contributed by atoms with Crippen LogP contribution in [0.15, 0.2) is 18.5 Å². The van der Waals surface area contributed by atoms with Gasteiger partial charge in [-0.3, -0.25) is 15.0 Å². The summed E-state index contributed by atoms with van der Waals surface area (Å²) >= 11 is 0. The zero-order valence-electron chi connectivity index (χ0n) is 30.3. The Kier molecular flexibility index (Phi) is 12.3. The average Bonchev–Trinajstić information content (AvgIpc) is 3.50. The Morgan fingerprint density at radius 3 is 2.42 bits per heavy atom. The van der Waals surface area contributed by atoms with Crippen molar-refractivity contribution in [2.75, 3.05) is 57.6 Å². The molecule has 0 bridgehead atoms. The SMILES string of the molecule is CCC[C@@H](CCO)Nc1nc(NC(=O)OC)nc2cnn(Cc3ncc(C4CCN(C5CCN(C(=O)OC(C)(C)C)CC5)CC4)cc3OC)c12. The lowest BCUT2D eigenvalue weighted by Crippen LogP contribution is -2.49. The Bertz CT molecular complexity index is 1590. The van der Waals surface area contributed by atoms with Gasteiger partial charge in [0.1, 0.15) is 28.1 Å². The number of rotatable bonds is 12. The Balaban J connectivity index is 1.26. The smallest absolute Gasteiger partial charge is 0.413 e. The summed E-state index contributed by atoms with van der Waals surface area (Å²) in [7, 11) is 2.93. The summed E-state index contributed by atoms with van der Waals surface area (Å²) < 4.78 is 17.9. The lowest BCUT2D eigenvalue weighted by Gasteiger charge is -2.42. The number of aliphatic hydroxyl groups is 1. The normalized spacial score (nSPS) is 17.1. The summed E-state index contributed by atoms with van der Waals surface area (Å²) in [6.45, 7) is 11.6. The van der Waals surface area contributed by atoms with E-state index in [0.29, 0.717) is 47.5 Å². The lowest BCUT2D eigenvalue weighted by molar-refractivity contribution is 0.0127. The van der Waals surface area contributed by atoms with Crippen LogP contribution in [0.25, 0.3) is 11.0 Å². The van der Waals surface area contributed by atoms with E-state index in [-0.39, 0.29) is 24.7 Å². The number of piperidine rings is 2. The van der Waals surface area contributed by atoms with Crippen LogP contribution < -0.4 is 15.4 Å². The third-order valence-corrected chi connectivity index (χ3v) is 9.45. The van der Waals surface area contributed by atoms with Gasteiger partial charge in [0.2, 0.25) is 5.95 Å². The van der Waals surface area contributed by atoms with Gasteiger partial charge in [0.15, 0.2) is 5.82 Å². The predicted octanol–water partition coefficient (Wildman–Crippen LogP) is 5.00. The number of hydrogen-bond acceptors (Lipinski definition) is 12. The largest absolute Gasteiger partial charge is 0.495 e. The Morgan fingerprint density at radius 1 is 1.04 bits per heavy atom. The van der Waals surface area contributed by atoms with Gasteiger partial charge < -0.3 is 34.4 Å². The minimum Gasteiger partial charge on any atom is -0.495 e. The Morgan fingerprint density at radius 2 is 1.78 bits per heavy atom. The summed E-state index contributed by atoms with van der Waals surface area (Å²) in [5.41, 5.74) is 2.58. The van der Waals surface area contributed by atoms with E-state index in [0.717, 1.165) is 76.0 Å². The molecule has 0 radical (unpaired) electrons. The standard InChI is InChI=1S/C35H53N9O6/c1-7-8-25(13-18-45)38-31-30-27(39-32(40-31)41-33(46)49-6)21-37-44(30)22-28-29(48-5)19-24(20-36-28)23-9-14-42(15-10-23)26-11-16-43(17-12-26)34(47)50-35(2,3)4/h19-21,23,25-26,45H,7-18,22H2,1-6H3,(H2,38,39,40,41,46)/t25-/m0/s1. The first-order chi connectivity index (χ1) is 24.0. The maximum Gasteiger partial charge on any atom is 0.413 e. The molecule has 2 fully saturated rings. The number of carbonyl (C=O) groups excluding carboxylic acids is 2. The lowest BCUT2D eigenvalue weighted by atomic mass is 9.88. The van der Waals surface area contributed by atoms with E-state index in [9.17, 15) is 14.7 Å². The molecule has 3 N–H and O–H groups in total. The number of aromatic nitrogens is 5. The van der Waals surface area contributed by atoms with Gasteiger partial charge in [0.25, 0.3) is 0 Å². The molecule has 15 nitrogen and oxygen atoms in total. The van der Waals surface area contributed by atoms with Crippen LogP contribution in [0.4, 0.5) is 21.4 Å². The second kappa shape index (κ2) is 16.6. The molecule has 3 aromatic heterocycles. The third-order valence-electron chi connectivity index (χ3n) is 9.45. The first-order valence-corrected chi connectivity index (χ1v) is 17.7. The number of nitrogens with one attached hydrogen (secondary N) is 2. The molecular weight excluding hydrogens is 642 g/mol. The average molecular weight is 696 g/mol. The summed E-state index contributed by atoms with van der Waals surface area (Å²) in [6.07, 6.45) is 8.94. The van der Waals surface area contributed by atoms with Crippen LogP contribution >= 0.6 is 0 Å². The van der Waals surface area contributed by atoms with Crippen LogP contribution in [0.3, 0.4) is 0 Å². The van der Waals surface area contributed by atoms with Crippen LogP contribution in [-0.2, 0) is 16.0 Å². The maximum absolute atomic E-state index is 12.5. The monoisotopic (exact) mass is 695 g/mol. The van der Waals surface area contributed by atoms with Crippen LogP contribution in [-0.4, -0.2) is 117 Å². The number of nitrogens with zero attached hydrogens (tertiary/aromatic N) is 7. The summed E-state index contributed by atoms with van der Waals surface area (Å²) in [4.78, 5) is 42.8. The topological polar surface area (TPSA) is 169 Å². The second-order valence-electron chi connectivity index (χ2n) is 14.1. The molecule has 15 heteroatoms. The van der Waals surface area contributed by atoms with E-state index in [1.165, 1.54) is 7.11 Å². The highest BCUT2D eigenvalue weighted by Gasteiger charge is 2.32. The number of hydrogen-bond donors (Lipinski definition) is 3. The molecule has 0 spiro atoms. The highest BCUT2D eigenvalue weighted by molar-refractivity contribution is 5.89. The van der Waals surface area contributed by atoms with Crippen molar-refractivity contribution in [2.45, 2.75) is 103 Å². The molecule has 0 unspecified atom stereocenters. The van der Waals surface area contributed by atoms with Gasteiger partial charge in [-0.25, -0.2) is 14.6 Å². The maximum atomic E-state index is 12.5. The molecule has 5 rings (SSSR count). The molecule has 0 aliphatic carbocycles. The fourth-order valence-electron chi connectivity index (χ4n) is 6.89. The Hall–Kier alpha value is -4.24. The highest BCUT2D eigenvalue weighted by atomic mass is 16.6.